The molecule has 0 radical (unpaired) electrons. The maximum atomic E-state index is 11.8. The van der Waals surface area contributed by atoms with Crippen LogP contribution in [-0.2, 0) is 0 Å². The molecule has 0 saturated heterocycles. The van der Waals surface area contributed by atoms with Crippen LogP contribution in [0.15, 0.2) is 18.2 Å². The number of halogens is 1. The minimum atomic E-state index is -0.215. The van der Waals surface area contributed by atoms with E-state index in [0.29, 0.717) is 16.3 Å². The van der Waals surface area contributed by atoms with Crippen LogP contribution in [0, 0.1) is 0 Å². The van der Waals surface area contributed by atoms with E-state index in [1.165, 1.54) is 0 Å². The van der Waals surface area contributed by atoms with E-state index in [9.17, 15) is 4.79 Å². The first-order chi connectivity index (χ1) is 7.06. The lowest BCUT2D eigenvalue weighted by atomic mass is 10.1. The SMILES string of the molecule is CCC(C)NC(=O)c1c(N)cccc1Cl. The highest BCUT2D eigenvalue weighted by molar-refractivity contribution is 6.34. The van der Waals surface area contributed by atoms with Crippen molar-refractivity contribution >= 4 is 23.2 Å². The van der Waals surface area contributed by atoms with Gasteiger partial charge in [0.2, 0.25) is 0 Å². The molecule has 4 heteroatoms. The van der Waals surface area contributed by atoms with Gasteiger partial charge in [0.25, 0.3) is 5.91 Å². The maximum Gasteiger partial charge on any atom is 0.255 e. The third-order valence-electron chi connectivity index (χ3n) is 2.26. The van der Waals surface area contributed by atoms with Gasteiger partial charge in [0.15, 0.2) is 0 Å². The third kappa shape index (κ3) is 2.86. The molecular formula is C11H15ClN2O. The van der Waals surface area contributed by atoms with Gasteiger partial charge in [-0.2, -0.15) is 0 Å². The zero-order valence-electron chi connectivity index (χ0n) is 8.88. The van der Waals surface area contributed by atoms with Crippen LogP contribution >= 0.6 is 11.6 Å². The van der Waals surface area contributed by atoms with E-state index in [1.807, 2.05) is 13.8 Å². The van der Waals surface area contributed by atoms with Crippen LogP contribution in [-0.4, -0.2) is 11.9 Å². The molecule has 1 rings (SSSR count). The zero-order chi connectivity index (χ0) is 11.4. The van der Waals surface area contributed by atoms with Crippen molar-refractivity contribution in [2.24, 2.45) is 0 Å². The fraction of sp³-hybridized carbons (Fsp3) is 0.364. The average molecular weight is 227 g/mol. The predicted molar refractivity (Wildman–Crippen MR) is 63.1 cm³/mol. The molecule has 0 fully saturated rings. The van der Waals surface area contributed by atoms with Crippen LogP contribution in [0.1, 0.15) is 30.6 Å². The molecule has 0 heterocycles. The molecule has 0 bridgehead atoms. The van der Waals surface area contributed by atoms with E-state index in [-0.39, 0.29) is 11.9 Å². The monoisotopic (exact) mass is 226 g/mol. The van der Waals surface area contributed by atoms with Crippen molar-refractivity contribution < 1.29 is 4.79 Å². The lowest BCUT2D eigenvalue weighted by Gasteiger charge is -2.13. The summed E-state index contributed by atoms with van der Waals surface area (Å²) in [6, 6.07) is 5.16. The molecule has 3 N–H and O–H groups in total. The van der Waals surface area contributed by atoms with Crippen LogP contribution in [0.2, 0.25) is 5.02 Å². The number of nitrogens with one attached hydrogen (secondary N) is 1. The molecular weight excluding hydrogens is 212 g/mol. The fourth-order valence-electron chi connectivity index (χ4n) is 1.18. The number of nitrogen functional groups attached to an aromatic ring is 1. The van der Waals surface area contributed by atoms with Crippen molar-refractivity contribution in [2.75, 3.05) is 5.73 Å². The topological polar surface area (TPSA) is 55.1 Å². The number of anilines is 1. The summed E-state index contributed by atoms with van der Waals surface area (Å²) >= 11 is 5.91. The Labute approximate surface area is 94.6 Å². The van der Waals surface area contributed by atoms with Gasteiger partial charge >= 0.3 is 0 Å². The Morgan fingerprint density at radius 2 is 2.27 bits per heavy atom. The first-order valence-corrected chi connectivity index (χ1v) is 5.29. The number of amides is 1. The van der Waals surface area contributed by atoms with Crippen molar-refractivity contribution in [2.45, 2.75) is 26.3 Å². The molecule has 1 unspecified atom stereocenters. The second kappa shape index (κ2) is 5.03. The smallest absolute Gasteiger partial charge is 0.255 e. The largest absolute Gasteiger partial charge is 0.398 e. The van der Waals surface area contributed by atoms with Crippen LogP contribution in [0.5, 0.6) is 0 Å². The molecule has 1 atom stereocenters. The van der Waals surface area contributed by atoms with Crippen molar-refractivity contribution in [1.29, 1.82) is 0 Å². The van der Waals surface area contributed by atoms with E-state index in [1.54, 1.807) is 18.2 Å². The van der Waals surface area contributed by atoms with Gasteiger partial charge in [-0.1, -0.05) is 24.6 Å². The molecule has 0 aliphatic carbocycles. The van der Waals surface area contributed by atoms with Gasteiger partial charge in [-0.25, -0.2) is 0 Å². The minimum Gasteiger partial charge on any atom is -0.398 e. The molecule has 0 spiro atoms. The number of carbonyl (C=O) groups is 1. The lowest BCUT2D eigenvalue weighted by molar-refractivity contribution is 0.0940. The summed E-state index contributed by atoms with van der Waals surface area (Å²) < 4.78 is 0. The van der Waals surface area contributed by atoms with Crippen LogP contribution in [0.4, 0.5) is 5.69 Å². The van der Waals surface area contributed by atoms with E-state index in [0.717, 1.165) is 6.42 Å². The van der Waals surface area contributed by atoms with Gasteiger partial charge in [0.1, 0.15) is 0 Å². The molecule has 0 aliphatic heterocycles. The Morgan fingerprint density at radius 1 is 1.60 bits per heavy atom. The summed E-state index contributed by atoms with van der Waals surface area (Å²) in [6.45, 7) is 3.94. The highest BCUT2D eigenvalue weighted by atomic mass is 35.5. The third-order valence-corrected chi connectivity index (χ3v) is 2.58. The summed E-state index contributed by atoms with van der Waals surface area (Å²) in [4.78, 5) is 11.8. The summed E-state index contributed by atoms with van der Waals surface area (Å²) in [5.41, 5.74) is 6.46. The molecule has 82 valence electrons. The van der Waals surface area contributed by atoms with Gasteiger partial charge in [-0.3, -0.25) is 4.79 Å². The van der Waals surface area contributed by atoms with Gasteiger partial charge < -0.3 is 11.1 Å². The normalized spacial score (nSPS) is 12.2. The van der Waals surface area contributed by atoms with Gasteiger partial charge in [-0.05, 0) is 25.5 Å². The Hall–Kier alpha value is -1.22. The molecule has 0 aliphatic rings. The Kier molecular flexibility index (Phi) is 3.97. The molecule has 1 aromatic carbocycles. The van der Waals surface area contributed by atoms with Gasteiger partial charge in [0.05, 0.1) is 10.6 Å². The van der Waals surface area contributed by atoms with Crippen LogP contribution in [0.25, 0.3) is 0 Å². The summed E-state index contributed by atoms with van der Waals surface area (Å²) in [5, 5.41) is 3.21. The minimum absolute atomic E-state index is 0.119. The number of hydrogen-bond acceptors (Lipinski definition) is 2. The Bertz CT molecular complexity index is 345. The summed E-state index contributed by atoms with van der Waals surface area (Å²) in [6.07, 6.45) is 0.871. The van der Waals surface area contributed by atoms with E-state index < -0.39 is 0 Å². The maximum absolute atomic E-state index is 11.8. The first-order valence-electron chi connectivity index (χ1n) is 4.91. The van der Waals surface area contributed by atoms with Gasteiger partial charge in [0, 0.05) is 11.7 Å². The first kappa shape index (κ1) is 11.9. The molecule has 3 nitrogen and oxygen atoms in total. The molecule has 0 aromatic heterocycles. The van der Waals surface area contributed by atoms with E-state index in [2.05, 4.69) is 5.32 Å². The second-order valence-corrected chi connectivity index (χ2v) is 3.89. The Balaban J connectivity index is 2.91. The van der Waals surface area contributed by atoms with E-state index in [4.69, 9.17) is 17.3 Å². The van der Waals surface area contributed by atoms with Crippen molar-refractivity contribution in [3.63, 3.8) is 0 Å². The molecule has 1 amide bonds. The van der Waals surface area contributed by atoms with Crippen molar-refractivity contribution in [3.05, 3.63) is 28.8 Å². The molecule has 1 aromatic rings. The van der Waals surface area contributed by atoms with Crippen LogP contribution < -0.4 is 11.1 Å². The van der Waals surface area contributed by atoms with Crippen molar-refractivity contribution in [3.8, 4) is 0 Å². The standard InChI is InChI=1S/C11H15ClN2O/c1-3-7(2)14-11(15)10-8(12)5-4-6-9(10)13/h4-7H,3,13H2,1-2H3,(H,14,15). The molecule has 0 saturated carbocycles. The van der Waals surface area contributed by atoms with Crippen molar-refractivity contribution in [1.82, 2.24) is 5.32 Å². The average Bonchev–Trinajstić information content (AvgIpc) is 2.17. The highest BCUT2D eigenvalue weighted by Crippen LogP contribution is 2.21. The summed E-state index contributed by atoms with van der Waals surface area (Å²) in [5.74, 6) is -0.215. The lowest BCUT2D eigenvalue weighted by Crippen LogP contribution is -2.32. The fourth-order valence-corrected chi connectivity index (χ4v) is 1.45. The number of benzene rings is 1. The van der Waals surface area contributed by atoms with Crippen LogP contribution in [0.3, 0.4) is 0 Å². The number of nitrogens with two attached hydrogens (primary N) is 1. The Morgan fingerprint density at radius 3 is 2.80 bits per heavy atom. The summed E-state index contributed by atoms with van der Waals surface area (Å²) in [7, 11) is 0. The zero-order valence-corrected chi connectivity index (χ0v) is 9.64. The van der Waals surface area contributed by atoms with Gasteiger partial charge in [-0.15, -0.1) is 0 Å². The van der Waals surface area contributed by atoms with E-state index >= 15 is 0 Å². The quantitative estimate of drug-likeness (QED) is 0.778. The number of rotatable bonds is 3. The molecule has 15 heavy (non-hydrogen) atoms. The number of hydrogen-bond donors (Lipinski definition) is 2. The number of carbonyl (C=O) groups excluding carboxylic acids is 1. The predicted octanol–water partition coefficient (Wildman–Crippen LogP) is 2.45. The highest BCUT2D eigenvalue weighted by Gasteiger charge is 2.14. The second-order valence-electron chi connectivity index (χ2n) is 3.49.